The number of carbonyl (C=O) groups excluding carboxylic acids is 1. The molecule has 16 heavy (non-hydrogen) atoms. The lowest BCUT2D eigenvalue weighted by molar-refractivity contribution is 0.0172. The molecule has 0 bridgehead atoms. The first-order chi connectivity index (χ1) is 7.34. The van der Waals surface area contributed by atoms with E-state index in [0.717, 1.165) is 5.56 Å². The summed E-state index contributed by atoms with van der Waals surface area (Å²) in [6, 6.07) is 4.36. The number of Topliss-reactive ketones (excluding diaryl/α,β-unsaturated/α-hetero) is 1. The fourth-order valence-electron chi connectivity index (χ4n) is 1.46. The molecule has 0 radical (unpaired) electrons. The quantitative estimate of drug-likeness (QED) is 0.734. The van der Waals surface area contributed by atoms with Gasteiger partial charge in [-0.05, 0) is 44.5 Å². The highest BCUT2D eigenvalue weighted by atomic mass is 19.1. The molecule has 2 nitrogen and oxygen atoms in total. The maximum Gasteiger partial charge on any atom is 0.165 e. The zero-order valence-electron chi connectivity index (χ0n) is 10.1. The molecule has 0 aliphatic rings. The number of halogens is 1. The molecule has 1 aromatic rings. The molecule has 0 saturated heterocycles. The van der Waals surface area contributed by atoms with Gasteiger partial charge in [0.1, 0.15) is 5.82 Å². The van der Waals surface area contributed by atoms with E-state index in [-0.39, 0.29) is 18.0 Å². The molecule has 0 atom stereocenters. The van der Waals surface area contributed by atoms with E-state index in [4.69, 9.17) is 4.74 Å². The molecular weight excluding hydrogens is 207 g/mol. The van der Waals surface area contributed by atoms with Gasteiger partial charge in [0, 0.05) is 19.1 Å². The highest BCUT2D eigenvalue weighted by Gasteiger charge is 2.22. The van der Waals surface area contributed by atoms with E-state index in [9.17, 15) is 9.18 Å². The number of hydrogen-bond acceptors (Lipinski definition) is 2. The largest absolute Gasteiger partial charge is 0.378 e. The summed E-state index contributed by atoms with van der Waals surface area (Å²) in [7, 11) is 1.56. The average Bonchev–Trinajstić information content (AvgIpc) is 2.15. The van der Waals surface area contributed by atoms with Crippen molar-refractivity contribution in [2.24, 2.45) is 0 Å². The Morgan fingerprint density at radius 3 is 2.50 bits per heavy atom. The molecule has 0 amide bonds. The first kappa shape index (κ1) is 12.8. The van der Waals surface area contributed by atoms with Crippen LogP contribution in [0.2, 0.25) is 0 Å². The minimum atomic E-state index is -0.517. The van der Waals surface area contributed by atoms with Crippen LogP contribution in [0.5, 0.6) is 0 Å². The zero-order valence-corrected chi connectivity index (χ0v) is 10.1. The molecule has 1 rings (SSSR count). The van der Waals surface area contributed by atoms with Crippen molar-refractivity contribution < 1.29 is 13.9 Å². The Hall–Kier alpha value is -1.22. The third-order valence-electron chi connectivity index (χ3n) is 2.50. The highest BCUT2D eigenvalue weighted by Crippen LogP contribution is 2.18. The van der Waals surface area contributed by atoms with Gasteiger partial charge in [-0.2, -0.15) is 0 Å². The minimum absolute atomic E-state index is 0.102. The highest BCUT2D eigenvalue weighted by molar-refractivity contribution is 5.96. The minimum Gasteiger partial charge on any atom is -0.378 e. The summed E-state index contributed by atoms with van der Waals surface area (Å²) >= 11 is 0. The topological polar surface area (TPSA) is 26.3 Å². The van der Waals surface area contributed by atoms with Gasteiger partial charge < -0.3 is 4.74 Å². The first-order valence-electron chi connectivity index (χ1n) is 5.19. The summed E-state index contributed by atoms with van der Waals surface area (Å²) in [6.07, 6.45) is 0.242. The zero-order chi connectivity index (χ0) is 12.3. The van der Waals surface area contributed by atoms with Gasteiger partial charge in [-0.15, -0.1) is 0 Å². The van der Waals surface area contributed by atoms with E-state index in [0.29, 0.717) is 5.56 Å². The smallest absolute Gasteiger partial charge is 0.165 e. The molecule has 0 heterocycles. The van der Waals surface area contributed by atoms with E-state index >= 15 is 0 Å². The van der Waals surface area contributed by atoms with Crippen LogP contribution in [0.25, 0.3) is 0 Å². The van der Waals surface area contributed by atoms with Crippen molar-refractivity contribution in [3.63, 3.8) is 0 Å². The standard InChI is InChI=1S/C13H17FO2/c1-9-5-10(7-11(14)6-9)12(15)8-13(2,3)16-4/h5-7H,8H2,1-4H3. The Bertz CT molecular complexity index is 377. The van der Waals surface area contributed by atoms with Crippen LogP contribution >= 0.6 is 0 Å². The van der Waals surface area contributed by atoms with Gasteiger partial charge in [-0.25, -0.2) is 4.39 Å². The maximum atomic E-state index is 13.1. The number of carbonyl (C=O) groups is 1. The van der Waals surface area contributed by atoms with E-state index in [2.05, 4.69) is 0 Å². The van der Waals surface area contributed by atoms with E-state index < -0.39 is 5.60 Å². The Balaban J connectivity index is 2.89. The lowest BCUT2D eigenvalue weighted by Crippen LogP contribution is -2.26. The lowest BCUT2D eigenvalue weighted by Gasteiger charge is -2.21. The van der Waals surface area contributed by atoms with Crippen LogP contribution in [0.15, 0.2) is 18.2 Å². The molecule has 3 heteroatoms. The second-order valence-corrected chi connectivity index (χ2v) is 4.58. The lowest BCUT2D eigenvalue weighted by atomic mass is 9.96. The van der Waals surface area contributed by atoms with Gasteiger partial charge in [0.2, 0.25) is 0 Å². The second kappa shape index (κ2) is 4.74. The molecule has 0 aliphatic heterocycles. The SMILES string of the molecule is COC(C)(C)CC(=O)c1cc(C)cc(F)c1. The molecule has 0 aromatic heterocycles. The molecule has 1 aromatic carbocycles. The van der Waals surface area contributed by atoms with Crippen molar-refractivity contribution in [1.29, 1.82) is 0 Å². The Morgan fingerprint density at radius 2 is 2.00 bits per heavy atom. The second-order valence-electron chi connectivity index (χ2n) is 4.58. The summed E-state index contributed by atoms with van der Waals surface area (Å²) in [4.78, 5) is 11.9. The molecule has 88 valence electrons. The molecule has 0 aliphatic carbocycles. The van der Waals surface area contributed by atoms with Crippen LogP contribution in [0.1, 0.15) is 36.2 Å². The fraction of sp³-hybridized carbons (Fsp3) is 0.462. The monoisotopic (exact) mass is 224 g/mol. The first-order valence-corrected chi connectivity index (χ1v) is 5.19. The van der Waals surface area contributed by atoms with Crippen molar-refractivity contribution in [3.8, 4) is 0 Å². The van der Waals surface area contributed by atoms with Crippen LogP contribution in [0.3, 0.4) is 0 Å². The van der Waals surface area contributed by atoms with E-state index in [1.165, 1.54) is 12.1 Å². The van der Waals surface area contributed by atoms with Gasteiger partial charge in [-0.1, -0.05) is 0 Å². The summed E-state index contributed by atoms with van der Waals surface area (Å²) < 4.78 is 18.3. The molecule has 0 N–H and O–H groups in total. The molecule has 0 spiro atoms. The van der Waals surface area contributed by atoms with Gasteiger partial charge in [-0.3, -0.25) is 4.79 Å². The van der Waals surface area contributed by atoms with Crippen LogP contribution in [-0.2, 0) is 4.74 Å². The Labute approximate surface area is 95.4 Å². The van der Waals surface area contributed by atoms with Crippen molar-refractivity contribution in [3.05, 3.63) is 35.1 Å². The summed E-state index contributed by atoms with van der Waals surface area (Å²) in [5.74, 6) is -0.479. The molecule has 0 unspecified atom stereocenters. The number of aryl methyl sites for hydroxylation is 1. The summed E-state index contributed by atoms with van der Waals surface area (Å²) in [5.41, 5.74) is 0.637. The van der Waals surface area contributed by atoms with Gasteiger partial charge >= 0.3 is 0 Å². The van der Waals surface area contributed by atoms with E-state index in [1.807, 2.05) is 13.8 Å². The van der Waals surface area contributed by atoms with Crippen LogP contribution in [0.4, 0.5) is 4.39 Å². The van der Waals surface area contributed by atoms with Gasteiger partial charge in [0.25, 0.3) is 0 Å². The van der Waals surface area contributed by atoms with E-state index in [1.54, 1.807) is 20.1 Å². The number of ether oxygens (including phenoxy) is 1. The third kappa shape index (κ3) is 3.42. The number of methoxy groups -OCH3 is 1. The normalized spacial score (nSPS) is 11.6. The molecule has 0 saturated carbocycles. The number of benzene rings is 1. The van der Waals surface area contributed by atoms with Crippen LogP contribution < -0.4 is 0 Å². The van der Waals surface area contributed by atoms with Crippen molar-refractivity contribution in [2.45, 2.75) is 32.8 Å². The Morgan fingerprint density at radius 1 is 1.38 bits per heavy atom. The number of hydrogen-bond donors (Lipinski definition) is 0. The molecule has 0 fully saturated rings. The average molecular weight is 224 g/mol. The van der Waals surface area contributed by atoms with Crippen molar-refractivity contribution in [2.75, 3.05) is 7.11 Å². The third-order valence-corrected chi connectivity index (χ3v) is 2.50. The Kier molecular flexibility index (Phi) is 3.81. The number of ketones is 1. The molecular formula is C13H17FO2. The number of rotatable bonds is 4. The van der Waals surface area contributed by atoms with Crippen LogP contribution in [-0.4, -0.2) is 18.5 Å². The maximum absolute atomic E-state index is 13.1. The predicted molar refractivity (Wildman–Crippen MR) is 61.2 cm³/mol. The van der Waals surface area contributed by atoms with Crippen molar-refractivity contribution >= 4 is 5.78 Å². The fourth-order valence-corrected chi connectivity index (χ4v) is 1.46. The van der Waals surface area contributed by atoms with Crippen LogP contribution in [0, 0.1) is 12.7 Å². The summed E-state index contributed by atoms with van der Waals surface area (Å²) in [5, 5.41) is 0. The van der Waals surface area contributed by atoms with Gasteiger partial charge in [0.05, 0.1) is 5.60 Å². The predicted octanol–water partition coefficient (Wildman–Crippen LogP) is 3.13. The summed E-state index contributed by atoms with van der Waals surface area (Å²) in [6.45, 7) is 5.43. The van der Waals surface area contributed by atoms with Gasteiger partial charge in [0.15, 0.2) is 5.78 Å². The van der Waals surface area contributed by atoms with Crippen molar-refractivity contribution in [1.82, 2.24) is 0 Å².